The van der Waals surface area contributed by atoms with Crippen LogP contribution in [0.25, 0.3) is 0 Å². The smallest absolute Gasteiger partial charge is 0.00714 e. The molecule has 0 aromatic carbocycles. The second-order valence-electron chi connectivity index (χ2n) is 1.42. The van der Waals surface area contributed by atoms with Crippen LogP contribution in [0.3, 0.4) is 0 Å². The maximum atomic E-state index is 2.25. The van der Waals surface area contributed by atoms with Crippen LogP contribution in [0.15, 0.2) is 11.5 Å². The van der Waals surface area contributed by atoms with E-state index in [1.165, 1.54) is 6.42 Å². The minimum absolute atomic E-state index is 0.398. The van der Waals surface area contributed by atoms with Crippen LogP contribution in [0.4, 0.5) is 0 Å². The Kier molecular flexibility index (Phi) is 2.38. The van der Waals surface area contributed by atoms with Gasteiger partial charge in [-0.05, 0) is 41.6 Å². The van der Waals surface area contributed by atoms with Gasteiger partial charge in [0.1, 0.15) is 0 Å². The summed E-state index contributed by atoms with van der Waals surface area (Å²) in [6.45, 7) is 2.25. The van der Waals surface area contributed by atoms with Gasteiger partial charge in [0.05, 0.1) is 0 Å². The molecule has 1 rings (SSSR count). The van der Waals surface area contributed by atoms with E-state index in [1.807, 2.05) is 8.93 Å². The lowest BCUT2D eigenvalue weighted by atomic mass is 10.3. The topological polar surface area (TPSA) is 0 Å². The molecule has 0 saturated heterocycles. The highest BCUT2D eigenvalue weighted by Gasteiger charge is 1.89. The maximum Gasteiger partial charge on any atom is -0.00714 e. The molecule has 2 heteroatoms. The molecule has 0 aromatic rings. The highest BCUT2D eigenvalue weighted by atomic mass is 127. The van der Waals surface area contributed by atoms with Crippen molar-refractivity contribution < 1.29 is 0 Å². The average molecular weight is 226 g/mol. The number of allylic oxidation sites excluding steroid dienone is 1. The summed E-state index contributed by atoms with van der Waals surface area (Å²) in [5, 5.41) is 2.22. The van der Waals surface area contributed by atoms with Gasteiger partial charge in [0.2, 0.25) is 0 Å². The number of hydrogen-bond acceptors (Lipinski definition) is 1. The van der Waals surface area contributed by atoms with E-state index in [0.717, 1.165) is 0 Å². The van der Waals surface area contributed by atoms with E-state index >= 15 is 0 Å². The molecule has 7 heavy (non-hydrogen) atoms. The molecule has 0 unspecified atom stereocenters. The Morgan fingerprint density at radius 3 is 3.00 bits per heavy atom. The minimum Gasteiger partial charge on any atom is -0.0729 e. The monoisotopic (exact) mass is 226 g/mol. The molecular weight excluding hydrogens is 219 g/mol. The summed E-state index contributed by atoms with van der Waals surface area (Å²) in [7, 11) is 2.00. The molecule has 0 N–H and O–H groups in total. The van der Waals surface area contributed by atoms with Crippen LogP contribution in [0.2, 0.25) is 0 Å². The average Bonchev–Trinajstić information content (AvgIpc) is 1.69. The zero-order chi connectivity index (χ0) is 5.11. The van der Waals surface area contributed by atoms with E-state index in [-0.39, 0.29) is 0 Å². The number of hydrogen-bond donors (Lipinski definition) is 0. The molecule has 40 valence electrons. The van der Waals surface area contributed by atoms with Gasteiger partial charge in [0.25, 0.3) is 0 Å². The summed E-state index contributed by atoms with van der Waals surface area (Å²) in [5.74, 6) is 0. The summed E-state index contributed by atoms with van der Waals surface area (Å²) < 4.78 is 1.70. The van der Waals surface area contributed by atoms with Crippen molar-refractivity contribution in [2.45, 2.75) is 13.3 Å². The van der Waals surface area contributed by atoms with Crippen LogP contribution in [-0.4, -0.2) is 3.51 Å². The molecule has 0 aliphatic carbocycles. The van der Waals surface area contributed by atoms with Gasteiger partial charge in [-0.15, -0.1) is 0 Å². The van der Waals surface area contributed by atoms with Crippen LogP contribution in [-0.2, 0) is 0 Å². The van der Waals surface area contributed by atoms with E-state index in [0.29, 0.717) is 19.3 Å². The van der Waals surface area contributed by atoms with Gasteiger partial charge in [0.15, 0.2) is 0 Å². The molecule has 1 heterocycles. The quantitative estimate of drug-likeness (QED) is 0.572. The van der Waals surface area contributed by atoms with Crippen LogP contribution < -0.4 is 0 Å². The Balaban J connectivity index is 2.50. The van der Waals surface area contributed by atoms with Gasteiger partial charge in [-0.3, -0.25) is 0 Å². The summed E-state index contributed by atoms with van der Waals surface area (Å²) in [4.78, 5) is 0. The molecule has 0 saturated carbocycles. The van der Waals surface area contributed by atoms with Crippen molar-refractivity contribution in [2.75, 3.05) is 0 Å². The van der Waals surface area contributed by atoms with E-state index < -0.39 is 0 Å². The molecule has 1 aliphatic rings. The minimum atomic E-state index is 0.398. The van der Waals surface area contributed by atoms with E-state index in [4.69, 9.17) is 0 Å². The molecule has 0 aromatic heterocycles. The fourth-order valence-corrected chi connectivity index (χ4v) is 3.97. The van der Waals surface area contributed by atoms with Gasteiger partial charge in [-0.25, -0.2) is 0 Å². The normalized spacial score (nSPS) is 20.4. The molecule has 0 nitrogen and oxygen atoms in total. The highest BCUT2D eigenvalue weighted by molar-refractivity contribution is 14.2. The Labute approximate surface area is 56.6 Å². The SMILES string of the molecule is CC1=ISC=CC1. The third kappa shape index (κ3) is 1.95. The number of rotatable bonds is 0. The van der Waals surface area contributed by atoms with Gasteiger partial charge >= 0.3 is 0 Å². The van der Waals surface area contributed by atoms with Crippen molar-refractivity contribution in [1.29, 1.82) is 0 Å². The zero-order valence-corrected chi connectivity index (χ0v) is 7.12. The van der Waals surface area contributed by atoms with Crippen LogP contribution in [0.5, 0.6) is 0 Å². The lowest BCUT2D eigenvalue weighted by molar-refractivity contribution is 1.51. The lowest BCUT2D eigenvalue weighted by Gasteiger charge is -1.96. The molecule has 1 aliphatic heterocycles. The van der Waals surface area contributed by atoms with Gasteiger partial charge in [0, 0.05) is 0 Å². The predicted molar refractivity (Wildman–Crippen MR) is 46.0 cm³/mol. The Morgan fingerprint density at radius 1 is 1.86 bits per heavy atom. The van der Waals surface area contributed by atoms with E-state index in [2.05, 4.69) is 18.4 Å². The summed E-state index contributed by atoms with van der Waals surface area (Å²) >= 11 is 0.398. The van der Waals surface area contributed by atoms with Crippen molar-refractivity contribution in [3.8, 4) is 0 Å². The summed E-state index contributed by atoms with van der Waals surface area (Å²) in [6, 6.07) is 0. The fourth-order valence-electron chi connectivity index (χ4n) is 0.380. The Morgan fingerprint density at radius 2 is 2.71 bits per heavy atom. The van der Waals surface area contributed by atoms with Crippen molar-refractivity contribution >= 4 is 31.8 Å². The van der Waals surface area contributed by atoms with Crippen molar-refractivity contribution in [3.05, 3.63) is 11.5 Å². The molecule has 0 spiro atoms. The second kappa shape index (κ2) is 2.87. The largest absolute Gasteiger partial charge is 0.0729 e. The first-order valence-corrected chi connectivity index (χ1v) is 6.68. The molecule has 0 amide bonds. The predicted octanol–water partition coefficient (Wildman–Crippen LogP) is 2.72. The molecular formula is C5H7IS. The highest BCUT2D eigenvalue weighted by Crippen LogP contribution is 2.28. The maximum absolute atomic E-state index is 2.25. The third-order valence-electron chi connectivity index (χ3n) is 0.723. The van der Waals surface area contributed by atoms with Crippen molar-refractivity contribution in [3.63, 3.8) is 0 Å². The third-order valence-corrected chi connectivity index (χ3v) is 5.71. The molecule has 0 fully saturated rings. The lowest BCUT2D eigenvalue weighted by Crippen LogP contribution is -1.81. The first-order valence-electron chi connectivity index (χ1n) is 2.17. The van der Waals surface area contributed by atoms with Gasteiger partial charge in [-0.1, -0.05) is 15.0 Å². The van der Waals surface area contributed by atoms with Crippen molar-refractivity contribution in [2.24, 2.45) is 0 Å². The summed E-state index contributed by atoms with van der Waals surface area (Å²) in [6.07, 6.45) is 3.49. The van der Waals surface area contributed by atoms with Crippen LogP contribution in [0.1, 0.15) is 13.3 Å². The Bertz CT molecular complexity index is 115. The second-order valence-corrected chi connectivity index (χ2v) is 6.71. The van der Waals surface area contributed by atoms with E-state index in [1.54, 1.807) is 3.51 Å². The fraction of sp³-hybridized carbons (Fsp3) is 0.400. The van der Waals surface area contributed by atoms with Crippen molar-refractivity contribution in [1.82, 2.24) is 0 Å². The first kappa shape index (κ1) is 5.82. The molecule has 0 radical (unpaired) electrons. The number of halogens is 1. The van der Waals surface area contributed by atoms with Gasteiger partial charge < -0.3 is 0 Å². The molecule has 0 atom stereocenters. The van der Waals surface area contributed by atoms with Gasteiger partial charge in [-0.2, -0.15) is 0 Å². The summed E-state index contributed by atoms with van der Waals surface area (Å²) in [5.41, 5.74) is 0. The first-order chi connectivity index (χ1) is 3.39. The standard InChI is InChI=1S/C5H7IS/c1-5-3-2-4-7-6-5/h2,4H,3H2,1H3. The zero-order valence-electron chi connectivity index (χ0n) is 4.15. The van der Waals surface area contributed by atoms with Crippen LogP contribution >= 0.6 is 28.3 Å². The molecule has 0 bridgehead atoms. The van der Waals surface area contributed by atoms with E-state index in [9.17, 15) is 0 Å². The Hall–Kier alpha value is 0.690. The van der Waals surface area contributed by atoms with Crippen LogP contribution in [0, 0.1) is 0 Å².